The number of thioether (sulfide) groups is 1. The standard InChI is InChI=1S/C22H26N4O5S2/c27-21-15-32-20-7-2-16(14-19(20)25-21)22(28)24-17-3-5-18(6-4-17)33(29,30)23-8-1-9-26-10-12-31-13-11-26/h2-7,14,23H,1,8-13,15H2,(H,24,28)(H,25,27). The number of carbonyl (C=O) groups is 2. The molecule has 176 valence electrons. The molecule has 9 nitrogen and oxygen atoms in total. The fourth-order valence-electron chi connectivity index (χ4n) is 3.56. The number of ether oxygens (including phenoxy) is 1. The third-order valence-corrected chi connectivity index (χ3v) is 7.89. The molecule has 2 aromatic carbocycles. The molecule has 0 bridgehead atoms. The Kier molecular flexibility index (Phi) is 7.66. The van der Waals surface area contributed by atoms with Crippen LogP contribution in [0, 0.1) is 0 Å². The smallest absolute Gasteiger partial charge is 0.255 e. The number of amides is 2. The van der Waals surface area contributed by atoms with Crippen molar-refractivity contribution in [3.8, 4) is 0 Å². The predicted octanol–water partition coefficient (Wildman–Crippen LogP) is 1.98. The first-order valence-electron chi connectivity index (χ1n) is 10.7. The summed E-state index contributed by atoms with van der Waals surface area (Å²) < 4.78 is 33.0. The van der Waals surface area contributed by atoms with Crippen molar-refractivity contribution in [1.82, 2.24) is 9.62 Å². The summed E-state index contributed by atoms with van der Waals surface area (Å²) in [5.41, 5.74) is 1.49. The van der Waals surface area contributed by atoms with Crippen molar-refractivity contribution in [2.24, 2.45) is 0 Å². The summed E-state index contributed by atoms with van der Waals surface area (Å²) in [5.74, 6) is -0.0905. The molecule has 0 atom stereocenters. The zero-order valence-electron chi connectivity index (χ0n) is 18.0. The molecule has 3 N–H and O–H groups in total. The van der Waals surface area contributed by atoms with Crippen LogP contribution in [-0.4, -0.2) is 70.3 Å². The van der Waals surface area contributed by atoms with E-state index in [4.69, 9.17) is 4.74 Å². The van der Waals surface area contributed by atoms with E-state index in [1.807, 2.05) is 0 Å². The topological polar surface area (TPSA) is 117 Å². The molecule has 0 aliphatic carbocycles. The van der Waals surface area contributed by atoms with Gasteiger partial charge in [-0.2, -0.15) is 0 Å². The second-order valence-corrected chi connectivity index (χ2v) is 10.5. The highest BCUT2D eigenvalue weighted by Gasteiger charge is 2.18. The van der Waals surface area contributed by atoms with Crippen LogP contribution < -0.4 is 15.4 Å². The van der Waals surface area contributed by atoms with E-state index in [2.05, 4.69) is 20.3 Å². The maximum atomic E-state index is 12.6. The Bertz CT molecular complexity index is 1120. The minimum atomic E-state index is -3.62. The lowest BCUT2D eigenvalue weighted by atomic mass is 10.1. The Morgan fingerprint density at radius 3 is 2.64 bits per heavy atom. The molecule has 1 fully saturated rings. The number of morpholine rings is 1. The maximum Gasteiger partial charge on any atom is 0.255 e. The van der Waals surface area contributed by atoms with Gasteiger partial charge in [-0.3, -0.25) is 14.5 Å². The zero-order chi connectivity index (χ0) is 23.3. The summed E-state index contributed by atoms with van der Waals surface area (Å²) in [5, 5.41) is 5.52. The van der Waals surface area contributed by atoms with E-state index in [0.717, 1.165) is 37.7 Å². The van der Waals surface area contributed by atoms with Gasteiger partial charge in [0.25, 0.3) is 5.91 Å². The maximum absolute atomic E-state index is 12.6. The van der Waals surface area contributed by atoms with E-state index in [1.165, 1.54) is 23.9 Å². The first-order valence-corrected chi connectivity index (χ1v) is 13.2. The lowest BCUT2D eigenvalue weighted by Gasteiger charge is -2.26. The summed E-state index contributed by atoms with van der Waals surface area (Å²) >= 11 is 1.43. The lowest BCUT2D eigenvalue weighted by Crippen LogP contribution is -2.38. The Balaban J connectivity index is 1.30. The fourth-order valence-corrected chi connectivity index (χ4v) is 5.42. The summed E-state index contributed by atoms with van der Waals surface area (Å²) in [6.07, 6.45) is 0.715. The van der Waals surface area contributed by atoms with Crippen LogP contribution in [0.1, 0.15) is 16.8 Å². The number of carbonyl (C=O) groups excluding carboxylic acids is 2. The number of nitrogens with one attached hydrogen (secondary N) is 3. The van der Waals surface area contributed by atoms with Gasteiger partial charge in [-0.1, -0.05) is 0 Å². The van der Waals surface area contributed by atoms with Gasteiger partial charge in [0, 0.05) is 35.8 Å². The van der Waals surface area contributed by atoms with Gasteiger partial charge in [0.05, 0.1) is 29.5 Å². The van der Waals surface area contributed by atoms with Gasteiger partial charge in [0.2, 0.25) is 15.9 Å². The Labute approximate surface area is 197 Å². The van der Waals surface area contributed by atoms with Crippen LogP contribution in [-0.2, 0) is 19.6 Å². The van der Waals surface area contributed by atoms with Crippen LogP contribution in [0.25, 0.3) is 0 Å². The van der Waals surface area contributed by atoms with E-state index in [0.29, 0.717) is 35.7 Å². The van der Waals surface area contributed by atoms with Crippen molar-refractivity contribution in [2.45, 2.75) is 16.2 Å². The molecular formula is C22H26N4O5S2. The molecule has 2 aliphatic rings. The number of fused-ring (bicyclic) bond motifs is 1. The summed E-state index contributed by atoms with van der Waals surface area (Å²) in [6.45, 7) is 4.36. The SMILES string of the molecule is O=C1CSc2ccc(C(=O)Nc3ccc(S(=O)(=O)NCCCN4CCOCC4)cc3)cc2N1. The minimum Gasteiger partial charge on any atom is -0.379 e. The molecule has 2 aromatic rings. The van der Waals surface area contributed by atoms with Crippen LogP contribution in [0.15, 0.2) is 52.3 Å². The Morgan fingerprint density at radius 1 is 1.12 bits per heavy atom. The number of sulfonamides is 1. The van der Waals surface area contributed by atoms with Crippen LogP contribution >= 0.6 is 11.8 Å². The van der Waals surface area contributed by atoms with E-state index in [9.17, 15) is 18.0 Å². The number of anilines is 2. The third kappa shape index (κ3) is 6.33. The highest BCUT2D eigenvalue weighted by Crippen LogP contribution is 2.32. The molecule has 0 saturated carbocycles. The normalized spacial score (nSPS) is 16.7. The number of hydrogen-bond acceptors (Lipinski definition) is 7. The zero-order valence-corrected chi connectivity index (χ0v) is 19.6. The van der Waals surface area contributed by atoms with E-state index in [1.54, 1.807) is 30.3 Å². The molecule has 0 aromatic heterocycles. The molecule has 2 amide bonds. The molecule has 2 heterocycles. The summed E-state index contributed by atoms with van der Waals surface area (Å²) in [6, 6.07) is 11.2. The van der Waals surface area contributed by atoms with Crippen molar-refractivity contribution >= 4 is 45.0 Å². The highest BCUT2D eigenvalue weighted by molar-refractivity contribution is 8.00. The van der Waals surface area contributed by atoms with Crippen molar-refractivity contribution in [3.05, 3.63) is 48.0 Å². The van der Waals surface area contributed by atoms with Gasteiger partial charge >= 0.3 is 0 Å². The highest BCUT2D eigenvalue weighted by atomic mass is 32.2. The molecule has 11 heteroatoms. The van der Waals surface area contributed by atoms with Crippen LogP contribution in [0.5, 0.6) is 0 Å². The van der Waals surface area contributed by atoms with Gasteiger partial charge in [0.15, 0.2) is 0 Å². The van der Waals surface area contributed by atoms with Crippen molar-refractivity contribution in [2.75, 3.05) is 55.8 Å². The van der Waals surface area contributed by atoms with Crippen LogP contribution in [0.4, 0.5) is 11.4 Å². The quantitative estimate of drug-likeness (QED) is 0.485. The van der Waals surface area contributed by atoms with Crippen molar-refractivity contribution < 1.29 is 22.7 Å². The lowest BCUT2D eigenvalue weighted by molar-refractivity contribution is -0.113. The van der Waals surface area contributed by atoms with Crippen LogP contribution in [0.2, 0.25) is 0 Å². The second kappa shape index (κ2) is 10.7. The summed E-state index contributed by atoms with van der Waals surface area (Å²) in [7, 11) is -3.62. The van der Waals surface area contributed by atoms with E-state index >= 15 is 0 Å². The number of nitrogens with zero attached hydrogens (tertiary/aromatic N) is 1. The number of rotatable bonds is 8. The van der Waals surface area contributed by atoms with Crippen LogP contribution in [0.3, 0.4) is 0 Å². The molecule has 0 unspecified atom stereocenters. The average molecular weight is 491 g/mol. The number of hydrogen-bond donors (Lipinski definition) is 3. The predicted molar refractivity (Wildman–Crippen MR) is 127 cm³/mol. The molecule has 33 heavy (non-hydrogen) atoms. The van der Waals surface area contributed by atoms with Gasteiger partial charge in [0.1, 0.15) is 0 Å². The summed E-state index contributed by atoms with van der Waals surface area (Å²) in [4.78, 5) is 27.5. The van der Waals surface area contributed by atoms with Gasteiger partial charge in [-0.25, -0.2) is 13.1 Å². The largest absolute Gasteiger partial charge is 0.379 e. The third-order valence-electron chi connectivity index (χ3n) is 5.34. The fraction of sp³-hybridized carbons (Fsp3) is 0.364. The van der Waals surface area contributed by atoms with Gasteiger partial charge < -0.3 is 15.4 Å². The molecular weight excluding hydrogens is 464 g/mol. The first kappa shape index (κ1) is 23.7. The van der Waals surface area contributed by atoms with E-state index < -0.39 is 10.0 Å². The van der Waals surface area contributed by atoms with E-state index in [-0.39, 0.29) is 16.7 Å². The van der Waals surface area contributed by atoms with Crippen molar-refractivity contribution in [1.29, 1.82) is 0 Å². The minimum absolute atomic E-state index is 0.100. The monoisotopic (exact) mass is 490 g/mol. The second-order valence-electron chi connectivity index (χ2n) is 7.73. The van der Waals surface area contributed by atoms with Gasteiger partial charge in [-0.15, -0.1) is 11.8 Å². The first-order chi connectivity index (χ1) is 15.9. The molecule has 0 spiro atoms. The Morgan fingerprint density at radius 2 is 1.88 bits per heavy atom. The molecule has 0 radical (unpaired) electrons. The molecule has 2 aliphatic heterocycles. The number of benzene rings is 2. The molecule has 4 rings (SSSR count). The van der Waals surface area contributed by atoms with Gasteiger partial charge in [-0.05, 0) is 55.4 Å². The van der Waals surface area contributed by atoms with Crippen molar-refractivity contribution in [3.63, 3.8) is 0 Å². The Hall–Kier alpha value is -2.44. The molecule has 1 saturated heterocycles. The average Bonchev–Trinajstić information content (AvgIpc) is 2.82.